The van der Waals surface area contributed by atoms with Gasteiger partial charge in [0.25, 0.3) is 0 Å². The number of hydrogen-bond donors (Lipinski definition) is 3. The first kappa shape index (κ1) is 25.3. The van der Waals surface area contributed by atoms with E-state index < -0.39 is 12.1 Å². The Morgan fingerprint density at radius 3 is 2.47 bits per heavy atom. The van der Waals surface area contributed by atoms with Crippen LogP contribution in [-0.2, 0) is 29.2 Å². The van der Waals surface area contributed by atoms with Crippen molar-refractivity contribution in [3.05, 3.63) is 95.8 Å². The number of nitrogens with one attached hydrogen (secondary N) is 2. The minimum atomic E-state index is -0.716. The highest BCUT2D eigenvalue weighted by Crippen LogP contribution is 2.23. The van der Waals surface area contributed by atoms with E-state index in [1.54, 1.807) is 6.20 Å². The van der Waals surface area contributed by atoms with Gasteiger partial charge in [-0.15, -0.1) is 0 Å². The molecule has 0 spiro atoms. The molecule has 1 saturated heterocycles. The summed E-state index contributed by atoms with van der Waals surface area (Å²) in [5.74, 6) is -0.282. The van der Waals surface area contributed by atoms with Crippen LogP contribution in [0.2, 0.25) is 0 Å². The minimum Gasteiger partial charge on any atom is -0.445 e. The Hall–Kier alpha value is -3.75. The number of nitrogens with zero attached hydrogens (tertiary/aromatic N) is 2. The SMILES string of the molecule is NCc1cccc(NC(=O)[C@H](NC(=O)OCc2ccccc2)C2CCN(Cc3ccccn3)CC2)c1. The summed E-state index contributed by atoms with van der Waals surface area (Å²) in [6.07, 6.45) is 2.73. The van der Waals surface area contributed by atoms with E-state index in [4.69, 9.17) is 10.5 Å². The van der Waals surface area contributed by atoms with Gasteiger partial charge >= 0.3 is 6.09 Å². The summed E-state index contributed by atoms with van der Waals surface area (Å²) < 4.78 is 5.42. The number of amides is 2. The van der Waals surface area contributed by atoms with Gasteiger partial charge in [-0.1, -0.05) is 48.5 Å². The molecule has 188 valence electrons. The Kier molecular flexibility index (Phi) is 9.02. The number of hydrogen-bond acceptors (Lipinski definition) is 6. The third-order valence-corrected chi connectivity index (χ3v) is 6.41. The molecule has 36 heavy (non-hydrogen) atoms. The van der Waals surface area contributed by atoms with Crippen molar-refractivity contribution in [3.8, 4) is 0 Å². The van der Waals surface area contributed by atoms with Crippen LogP contribution in [0, 0.1) is 5.92 Å². The number of benzene rings is 2. The van der Waals surface area contributed by atoms with Gasteiger partial charge in [-0.05, 0) is 67.2 Å². The predicted molar refractivity (Wildman–Crippen MR) is 139 cm³/mol. The van der Waals surface area contributed by atoms with E-state index in [0.29, 0.717) is 12.2 Å². The van der Waals surface area contributed by atoms with Crippen molar-refractivity contribution in [2.24, 2.45) is 11.7 Å². The standard InChI is InChI=1S/C28H33N5O3/c29-18-22-9-6-11-24(17-22)31-27(34)26(32-28(35)36-20-21-7-2-1-3-8-21)23-12-15-33(16-13-23)19-25-10-4-5-14-30-25/h1-11,14,17,23,26H,12-13,15-16,18-20,29H2,(H,31,34)(H,32,35)/t26-/m1/s1. The lowest BCUT2D eigenvalue weighted by Crippen LogP contribution is -2.51. The molecule has 8 nitrogen and oxygen atoms in total. The number of aromatic nitrogens is 1. The van der Waals surface area contributed by atoms with Crippen molar-refractivity contribution in [2.45, 2.75) is 38.6 Å². The predicted octanol–water partition coefficient (Wildman–Crippen LogP) is 3.69. The maximum atomic E-state index is 13.4. The molecular weight excluding hydrogens is 454 g/mol. The van der Waals surface area contributed by atoms with Crippen LogP contribution in [0.15, 0.2) is 79.0 Å². The molecule has 1 aliphatic rings. The van der Waals surface area contributed by atoms with Crippen molar-refractivity contribution in [1.82, 2.24) is 15.2 Å². The van der Waals surface area contributed by atoms with Gasteiger partial charge in [-0.3, -0.25) is 14.7 Å². The van der Waals surface area contributed by atoms with Crippen molar-refractivity contribution >= 4 is 17.7 Å². The summed E-state index contributed by atoms with van der Waals surface area (Å²) in [7, 11) is 0. The number of likely N-dealkylation sites (tertiary alicyclic amines) is 1. The smallest absolute Gasteiger partial charge is 0.408 e. The normalized spacial score (nSPS) is 15.1. The molecule has 0 bridgehead atoms. The number of ether oxygens (including phenoxy) is 1. The number of carbonyl (C=O) groups is 2. The topological polar surface area (TPSA) is 110 Å². The molecule has 2 amide bonds. The fourth-order valence-corrected chi connectivity index (χ4v) is 4.45. The van der Waals surface area contributed by atoms with Crippen LogP contribution in [0.25, 0.3) is 0 Å². The Morgan fingerprint density at radius 2 is 1.75 bits per heavy atom. The molecule has 3 aromatic rings. The first-order valence-electron chi connectivity index (χ1n) is 12.3. The molecular formula is C28H33N5O3. The first-order valence-corrected chi connectivity index (χ1v) is 12.3. The van der Waals surface area contributed by atoms with Crippen LogP contribution in [0.3, 0.4) is 0 Å². The van der Waals surface area contributed by atoms with E-state index >= 15 is 0 Å². The highest BCUT2D eigenvalue weighted by molar-refractivity contribution is 5.96. The zero-order valence-electron chi connectivity index (χ0n) is 20.3. The van der Waals surface area contributed by atoms with Crippen LogP contribution < -0.4 is 16.4 Å². The molecule has 1 atom stereocenters. The largest absolute Gasteiger partial charge is 0.445 e. The number of pyridine rings is 1. The van der Waals surface area contributed by atoms with Crippen LogP contribution in [0.1, 0.15) is 29.7 Å². The van der Waals surface area contributed by atoms with E-state index in [2.05, 4.69) is 20.5 Å². The molecule has 1 aliphatic heterocycles. The highest BCUT2D eigenvalue weighted by atomic mass is 16.5. The fraction of sp³-hybridized carbons (Fsp3) is 0.321. The third-order valence-electron chi connectivity index (χ3n) is 6.41. The van der Waals surface area contributed by atoms with Gasteiger partial charge in [0, 0.05) is 25.0 Å². The molecule has 0 unspecified atom stereocenters. The number of anilines is 1. The van der Waals surface area contributed by atoms with E-state index in [1.165, 1.54) is 0 Å². The Bertz CT molecular complexity index is 1120. The summed E-state index contributed by atoms with van der Waals surface area (Å²) in [6, 6.07) is 22.1. The average Bonchev–Trinajstić information content (AvgIpc) is 2.92. The minimum absolute atomic E-state index is 0.0213. The molecule has 1 fully saturated rings. The van der Waals surface area contributed by atoms with Crippen molar-refractivity contribution in [3.63, 3.8) is 0 Å². The Balaban J connectivity index is 1.40. The lowest BCUT2D eigenvalue weighted by Gasteiger charge is -2.35. The molecule has 0 radical (unpaired) electrons. The van der Waals surface area contributed by atoms with Crippen LogP contribution in [0.4, 0.5) is 10.5 Å². The molecule has 4 N–H and O–H groups in total. The van der Waals surface area contributed by atoms with Crippen LogP contribution in [0.5, 0.6) is 0 Å². The van der Waals surface area contributed by atoms with Gasteiger partial charge < -0.3 is 21.1 Å². The lowest BCUT2D eigenvalue weighted by atomic mass is 9.88. The first-order chi connectivity index (χ1) is 17.6. The molecule has 0 saturated carbocycles. The quantitative estimate of drug-likeness (QED) is 0.425. The average molecular weight is 488 g/mol. The van der Waals surface area contributed by atoms with E-state index in [9.17, 15) is 9.59 Å². The molecule has 0 aliphatic carbocycles. The van der Waals surface area contributed by atoms with Gasteiger partial charge in [0.1, 0.15) is 12.6 Å². The number of carbonyl (C=O) groups excluding carboxylic acids is 2. The van der Waals surface area contributed by atoms with Crippen molar-refractivity contribution in [1.29, 1.82) is 0 Å². The number of rotatable bonds is 9. The zero-order chi connectivity index (χ0) is 25.2. The molecule has 2 aromatic carbocycles. The third kappa shape index (κ3) is 7.37. The second kappa shape index (κ2) is 12.8. The Labute approximate surface area is 211 Å². The van der Waals surface area contributed by atoms with Crippen molar-refractivity contribution in [2.75, 3.05) is 18.4 Å². The highest BCUT2D eigenvalue weighted by Gasteiger charge is 2.33. The molecule has 4 rings (SSSR count). The van der Waals surface area contributed by atoms with Gasteiger partial charge in [-0.25, -0.2) is 4.79 Å². The maximum Gasteiger partial charge on any atom is 0.408 e. The second-order valence-electron chi connectivity index (χ2n) is 9.01. The summed E-state index contributed by atoms with van der Waals surface area (Å²) in [6.45, 7) is 2.92. The summed E-state index contributed by atoms with van der Waals surface area (Å²) in [5.41, 5.74) is 9.22. The van der Waals surface area contributed by atoms with Gasteiger partial charge in [-0.2, -0.15) is 0 Å². The number of piperidine rings is 1. The van der Waals surface area contributed by atoms with E-state index in [0.717, 1.165) is 49.3 Å². The summed E-state index contributed by atoms with van der Waals surface area (Å²) in [4.78, 5) is 32.8. The van der Waals surface area contributed by atoms with Crippen molar-refractivity contribution < 1.29 is 14.3 Å². The van der Waals surface area contributed by atoms with Gasteiger partial charge in [0.2, 0.25) is 5.91 Å². The van der Waals surface area contributed by atoms with Gasteiger partial charge in [0.05, 0.1) is 5.69 Å². The Morgan fingerprint density at radius 1 is 1.00 bits per heavy atom. The van der Waals surface area contributed by atoms with Crippen LogP contribution in [-0.4, -0.2) is 41.0 Å². The molecule has 8 heteroatoms. The number of alkyl carbamates (subject to hydrolysis) is 1. The van der Waals surface area contributed by atoms with E-state index in [1.807, 2.05) is 72.8 Å². The van der Waals surface area contributed by atoms with E-state index in [-0.39, 0.29) is 18.4 Å². The fourth-order valence-electron chi connectivity index (χ4n) is 4.45. The molecule has 1 aromatic heterocycles. The lowest BCUT2D eigenvalue weighted by molar-refractivity contribution is -0.119. The maximum absolute atomic E-state index is 13.4. The van der Waals surface area contributed by atoms with Crippen LogP contribution >= 0.6 is 0 Å². The second-order valence-corrected chi connectivity index (χ2v) is 9.01. The number of nitrogens with two attached hydrogens (primary N) is 1. The zero-order valence-corrected chi connectivity index (χ0v) is 20.3. The summed E-state index contributed by atoms with van der Waals surface area (Å²) >= 11 is 0. The summed E-state index contributed by atoms with van der Waals surface area (Å²) in [5, 5.41) is 5.80. The van der Waals surface area contributed by atoms with Gasteiger partial charge in [0.15, 0.2) is 0 Å². The monoisotopic (exact) mass is 487 g/mol. The molecule has 2 heterocycles.